The Morgan fingerprint density at radius 2 is 2.10 bits per heavy atom. The van der Waals surface area contributed by atoms with Crippen LogP contribution in [0.4, 0.5) is 10.9 Å². The van der Waals surface area contributed by atoms with Gasteiger partial charge in [-0.2, -0.15) is 5.10 Å². The van der Waals surface area contributed by atoms with Crippen LogP contribution < -0.4 is 5.32 Å². The van der Waals surface area contributed by atoms with Crippen LogP contribution in [0.25, 0.3) is 10.9 Å². The Morgan fingerprint density at radius 3 is 2.90 bits per heavy atom. The van der Waals surface area contributed by atoms with Gasteiger partial charge in [-0.1, -0.05) is 11.6 Å². The second-order valence-corrected chi connectivity index (χ2v) is 9.22. The molecule has 0 saturated carbocycles. The van der Waals surface area contributed by atoms with Gasteiger partial charge >= 0.3 is 0 Å². The topological polar surface area (TPSA) is 99.7 Å². The van der Waals surface area contributed by atoms with Crippen molar-refractivity contribution in [2.75, 3.05) is 18.4 Å². The molecule has 0 spiro atoms. The summed E-state index contributed by atoms with van der Waals surface area (Å²) in [5, 5.41) is 12.2. The Hall–Kier alpha value is -3.33. The van der Waals surface area contributed by atoms with E-state index in [1.807, 2.05) is 56.1 Å². The lowest BCUT2D eigenvalue weighted by Gasteiger charge is -2.16. The Balaban J connectivity index is 1.35. The predicted molar refractivity (Wildman–Crippen MR) is 121 cm³/mol. The van der Waals surface area contributed by atoms with Crippen LogP contribution in [0.15, 0.2) is 30.5 Å². The molecule has 9 heteroatoms. The van der Waals surface area contributed by atoms with Crippen LogP contribution >= 0.6 is 11.3 Å². The number of aromatic nitrogens is 5. The fraction of sp³-hybridized carbons (Fsp3) is 0.318. The molecule has 4 aromatic rings. The highest BCUT2D eigenvalue weighted by Crippen LogP contribution is 2.30. The van der Waals surface area contributed by atoms with Crippen LogP contribution in [0.1, 0.15) is 44.8 Å². The third-order valence-corrected chi connectivity index (χ3v) is 6.36. The van der Waals surface area contributed by atoms with Gasteiger partial charge in [-0.15, -0.1) is 11.3 Å². The van der Waals surface area contributed by atoms with Gasteiger partial charge in [0.25, 0.3) is 5.91 Å². The summed E-state index contributed by atoms with van der Waals surface area (Å²) < 4.78 is 0. The average Bonchev–Trinajstić information content (AvgIpc) is 3.46. The fourth-order valence-electron chi connectivity index (χ4n) is 4.01. The summed E-state index contributed by atoms with van der Waals surface area (Å²) in [6, 6.07) is 7.95. The molecule has 3 aromatic heterocycles. The van der Waals surface area contributed by atoms with Crippen molar-refractivity contribution in [1.82, 2.24) is 30.0 Å². The van der Waals surface area contributed by atoms with E-state index in [1.165, 1.54) is 0 Å². The molecule has 31 heavy (non-hydrogen) atoms. The summed E-state index contributed by atoms with van der Waals surface area (Å²) in [5.74, 6) is 1.56. The van der Waals surface area contributed by atoms with E-state index in [2.05, 4.69) is 30.5 Å². The highest BCUT2D eigenvalue weighted by atomic mass is 32.1. The summed E-state index contributed by atoms with van der Waals surface area (Å²) in [4.78, 5) is 29.7. The number of H-pyrrole nitrogens is 1. The van der Waals surface area contributed by atoms with Crippen LogP contribution in [0.5, 0.6) is 0 Å². The number of aromatic amines is 1. The highest BCUT2D eigenvalue weighted by molar-refractivity contribution is 7.15. The summed E-state index contributed by atoms with van der Waals surface area (Å²) in [6.07, 6.45) is 2.70. The first-order valence-corrected chi connectivity index (χ1v) is 11.1. The summed E-state index contributed by atoms with van der Waals surface area (Å²) in [5.41, 5.74) is 3.42. The molecule has 4 heterocycles. The number of thiazole rings is 1. The first-order valence-electron chi connectivity index (χ1n) is 10.3. The lowest BCUT2D eigenvalue weighted by atomic mass is 10.0. The van der Waals surface area contributed by atoms with E-state index >= 15 is 0 Å². The van der Waals surface area contributed by atoms with Gasteiger partial charge in [0.15, 0.2) is 10.8 Å². The number of fused-ring (bicyclic) bond motifs is 1. The Morgan fingerprint density at radius 1 is 1.23 bits per heavy atom. The quantitative estimate of drug-likeness (QED) is 0.502. The zero-order valence-corrected chi connectivity index (χ0v) is 18.5. The largest absolute Gasteiger partial charge is 0.337 e. The van der Waals surface area contributed by atoms with E-state index in [-0.39, 0.29) is 11.8 Å². The number of hydrogen-bond donors (Lipinski definition) is 2. The number of aryl methyl sites for hydroxylation is 3. The summed E-state index contributed by atoms with van der Waals surface area (Å²) in [6.45, 7) is 7.22. The van der Waals surface area contributed by atoms with E-state index < -0.39 is 0 Å². The fourth-order valence-corrected chi connectivity index (χ4v) is 4.68. The van der Waals surface area contributed by atoms with Crippen LogP contribution in [-0.4, -0.2) is 49.0 Å². The smallest absolute Gasteiger partial charge is 0.275 e. The Kier molecular flexibility index (Phi) is 4.90. The molecule has 1 aromatic carbocycles. The maximum absolute atomic E-state index is 13.2. The molecule has 0 unspecified atom stereocenters. The number of hydrogen-bond acceptors (Lipinski definition) is 7. The number of carbonyl (C=O) groups is 1. The van der Waals surface area contributed by atoms with Gasteiger partial charge in [-0.05, 0) is 39.3 Å². The molecule has 1 atom stereocenters. The third kappa shape index (κ3) is 3.88. The van der Waals surface area contributed by atoms with Crippen molar-refractivity contribution in [3.05, 3.63) is 58.1 Å². The zero-order valence-electron chi connectivity index (χ0n) is 17.6. The molecule has 1 aliphatic heterocycles. The minimum Gasteiger partial charge on any atom is -0.337 e. The van der Waals surface area contributed by atoms with Gasteiger partial charge in [0.1, 0.15) is 11.6 Å². The minimum atomic E-state index is -0.0401. The summed E-state index contributed by atoms with van der Waals surface area (Å²) in [7, 11) is 0. The monoisotopic (exact) mass is 433 g/mol. The number of carbonyl (C=O) groups excluding carboxylic acids is 1. The number of rotatable bonds is 4. The van der Waals surface area contributed by atoms with Gasteiger partial charge in [0.05, 0.1) is 11.2 Å². The molecule has 1 saturated heterocycles. The van der Waals surface area contributed by atoms with Crippen molar-refractivity contribution in [2.24, 2.45) is 0 Å². The molecule has 0 radical (unpaired) electrons. The summed E-state index contributed by atoms with van der Waals surface area (Å²) >= 11 is 1.59. The normalized spacial score (nSPS) is 16.2. The van der Waals surface area contributed by atoms with Crippen molar-refractivity contribution in [3.63, 3.8) is 0 Å². The van der Waals surface area contributed by atoms with E-state index in [9.17, 15) is 4.79 Å². The number of likely N-dealkylation sites (tertiary alicyclic amines) is 1. The van der Waals surface area contributed by atoms with Crippen molar-refractivity contribution in [1.29, 1.82) is 0 Å². The first-order chi connectivity index (χ1) is 15.0. The van der Waals surface area contributed by atoms with Gasteiger partial charge in [-0.3, -0.25) is 9.89 Å². The van der Waals surface area contributed by atoms with Gasteiger partial charge < -0.3 is 10.2 Å². The molecule has 1 fully saturated rings. The average molecular weight is 434 g/mol. The van der Waals surface area contributed by atoms with Gasteiger partial charge in [0, 0.05) is 41.5 Å². The highest BCUT2D eigenvalue weighted by Gasteiger charge is 2.31. The molecule has 8 nitrogen and oxygen atoms in total. The molecule has 2 N–H and O–H groups in total. The molecule has 1 aliphatic rings. The van der Waals surface area contributed by atoms with Crippen molar-refractivity contribution in [2.45, 2.75) is 33.1 Å². The number of amides is 1. The van der Waals surface area contributed by atoms with E-state index in [1.54, 1.807) is 11.3 Å². The van der Waals surface area contributed by atoms with Gasteiger partial charge in [-0.25, -0.2) is 15.0 Å². The second-order valence-electron chi connectivity index (χ2n) is 7.98. The maximum Gasteiger partial charge on any atom is 0.275 e. The lowest BCUT2D eigenvalue weighted by Crippen LogP contribution is -2.29. The van der Waals surface area contributed by atoms with Crippen LogP contribution in [0, 0.1) is 20.8 Å². The first kappa shape index (κ1) is 19.6. The molecular formula is C22H23N7OS. The zero-order chi connectivity index (χ0) is 21.5. The van der Waals surface area contributed by atoms with Crippen LogP contribution in [0.2, 0.25) is 0 Å². The Bertz CT molecular complexity index is 1280. The molecule has 0 bridgehead atoms. The molecule has 5 rings (SSSR count). The van der Waals surface area contributed by atoms with E-state index in [4.69, 9.17) is 0 Å². The Labute approximate surface area is 183 Å². The number of benzene rings is 1. The maximum atomic E-state index is 13.2. The van der Waals surface area contributed by atoms with E-state index in [0.29, 0.717) is 24.6 Å². The lowest BCUT2D eigenvalue weighted by molar-refractivity contribution is 0.0786. The van der Waals surface area contributed by atoms with Crippen LogP contribution in [0.3, 0.4) is 0 Å². The molecule has 1 amide bonds. The van der Waals surface area contributed by atoms with Crippen molar-refractivity contribution in [3.8, 4) is 0 Å². The number of nitrogens with zero attached hydrogens (tertiary/aromatic N) is 5. The number of anilines is 2. The molecule has 0 aliphatic carbocycles. The van der Waals surface area contributed by atoms with Crippen molar-refractivity contribution >= 4 is 39.1 Å². The standard InChI is InChI=1S/C22H23N7OS/c1-12-4-5-17-16(8-12)20(28-27-17)21(30)29-7-6-15(11-29)18-9-19(25-14(3)24-18)26-22-23-10-13(2)31-22/h4-5,8-10,15H,6-7,11H2,1-3H3,(H,27,28)(H,23,24,25,26)/t15-/m0/s1. The van der Waals surface area contributed by atoms with Gasteiger partial charge in [0.2, 0.25) is 0 Å². The van der Waals surface area contributed by atoms with E-state index in [0.717, 1.165) is 44.4 Å². The minimum absolute atomic E-state index is 0.0401. The predicted octanol–water partition coefficient (Wildman–Crippen LogP) is 4.11. The van der Waals surface area contributed by atoms with Crippen molar-refractivity contribution < 1.29 is 4.79 Å². The van der Waals surface area contributed by atoms with Crippen LogP contribution in [-0.2, 0) is 0 Å². The molecular weight excluding hydrogens is 410 g/mol. The molecule has 158 valence electrons. The number of nitrogens with one attached hydrogen (secondary N) is 2. The third-order valence-electron chi connectivity index (χ3n) is 5.53. The second kappa shape index (κ2) is 7.73. The SMILES string of the molecule is Cc1ccc2[nH]nc(C(=O)N3CC[C@H](c4cc(Nc5ncc(C)s5)nc(C)n4)C3)c2c1.